The van der Waals surface area contributed by atoms with Gasteiger partial charge >= 0.3 is 5.97 Å². The van der Waals surface area contributed by atoms with E-state index in [1.807, 2.05) is 60.7 Å². The van der Waals surface area contributed by atoms with E-state index in [2.05, 4.69) is 16.0 Å². The van der Waals surface area contributed by atoms with Crippen LogP contribution < -0.4 is 33.2 Å². The summed E-state index contributed by atoms with van der Waals surface area (Å²) in [5, 5.41) is 17.9. The number of aliphatic carboxylic acids is 1. The number of rotatable bonds is 21. The van der Waals surface area contributed by atoms with Crippen LogP contribution in [0.1, 0.15) is 68.9 Å². The van der Waals surface area contributed by atoms with Gasteiger partial charge in [-0.1, -0.05) is 73.5 Å². The van der Waals surface area contributed by atoms with Crippen molar-refractivity contribution >= 4 is 29.6 Å². The highest BCUT2D eigenvalue weighted by molar-refractivity contribution is 5.95. The summed E-state index contributed by atoms with van der Waals surface area (Å²) in [5.41, 5.74) is 18.1. The Bertz CT molecular complexity index is 1410. The van der Waals surface area contributed by atoms with Crippen molar-refractivity contribution in [1.82, 2.24) is 20.9 Å². The molecular formula is C37H54FN7O6. The van der Waals surface area contributed by atoms with Crippen LogP contribution in [0.5, 0.6) is 0 Å². The summed E-state index contributed by atoms with van der Waals surface area (Å²) in [7, 11) is 0. The van der Waals surface area contributed by atoms with Crippen LogP contribution in [-0.2, 0) is 36.8 Å². The van der Waals surface area contributed by atoms with E-state index in [0.717, 1.165) is 11.1 Å². The highest BCUT2D eigenvalue weighted by Gasteiger charge is 2.40. The molecule has 51 heavy (non-hydrogen) atoms. The van der Waals surface area contributed by atoms with Gasteiger partial charge in [-0.15, -0.1) is 0 Å². The summed E-state index contributed by atoms with van der Waals surface area (Å²) < 4.78 is 12.9. The number of nitrogens with one attached hydrogen (secondary N) is 3. The van der Waals surface area contributed by atoms with Crippen molar-refractivity contribution in [3.8, 4) is 0 Å². The number of likely N-dealkylation sites (tertiary alicyclic amines) is 1. The molecule has 280 valence electrons. The first-order chi connectivity index (χ1) is 24.5. The number of carboxylic acids is 1. The summed E-state index contributed by atoms with van der Waals surface area (Å²) in [6.45, 7) is 0.101. The van der Waals surface area contributed by atoms with Gasteiger partial charge in [-0.2, -0.15) is 0 Å². The molecule has 1 aliphatic heterocycles. The second-order valence-corrected chi connectivity index (χ2v) is 13.3. The third-order valence-corrected chi connectivity index (χ3v) is 9.27. The van der Waals surface area contributed by atoms with Gasteiger partial charge in [0.25, 0.3) is 0 Å². The largest absolute Gasteiger partial charge is 0.480 e. The van der Waals surface area contributed by atoms with E-state index in [9.17, 15) is 33.5 Å². The predicted molar refractivity (Wildman–Crippen MR) is 192 cm³/mol. The van der Waals surface area contributed by atoms with Crippen LogP contribution in [0, 0.1) is 0 Å². The fraction of sp³-hybridized carbons (Fsp3) is 0.541. The Labute approximate surface area is 299 Å². The third kappa shape index (κ3) is 13.3. The minimum atomic E-state index is -1.43. The first-order valence-electron chi connectivity index (χ1n) is 17.8. The fourth-order valence-electron chi connectivity index (χ4n) is 6.04. The Morgan fingerprint density at radius 3 is 1.80 bits per heavy atom. The number of carbonyl (C=O) groups excluding carboxylic acids is 4. The molecule has 1 aliphatic rings. The van der Waals surface area contributed by atoms with Crippen LogP contribution in [0.2, 0.25) is 0 Å². The van der Waals surface area contributed by atoms with Gasteiger partial charge in [-0.3, -0.25) is 28.4 Å². The summed E-state index contributed by atoms with van der Waals surface area (Å²) in [5.74, 6) is -3.25. The maximum absolute atomic E-state index is 13.9. The molecule has 1 heterocycles. The molecule has 0 aliphatic carbocycles. The maximum Gasteiger partial charge on any atom is 0.323 e. The average Bonchev–Trinajstić information content (AvgIpc) is 3.12. The van der Waals surface area contributed by atoms with E-state index in [-0.39, 0.29) is 57.5 Å². The molecule has 4 atom stereocenters. The van der Waals surface area contributed by atoms with Crippen LogP contribution in [-0.4, -0.2) is 95.6 Å². The average molecular weight is 712 g/mol. The van der Waals surface area contributed by atoms with Crippen molar-refractivity contribution in [3.63, 3.8) is 0 Å². The van der Waals surface area contributed by atoms with E-state index in [1.54, 1.807) is 0 Å². The number of piperidine rings is 1. The molecule has 0 spiro atoms. The molecule has 2 aromatic carbocycles. The van der Waals surface area contributed by atoms with E-state index in [1.165, 1.54) is 4.90 Å². The summed E-state index contributed by atoms with van der Waals surface area (Å²) >= 11 is 0. The van der Waals surface area contributed by atoms with Gasteiger partial charge in [-0.05, 0) is 69.0 Å². The summed E-state index contributed by atoms with van der Waals surface area (Å²) in [6, 6.07) is 14.3. The van der Waals surface area contributed by atoms with Gasteiger partial charge in [0.2, 0.25) is 23.6 Å². The zero-order valence-electron chi connectivity index (χ0n) is 29.2. The second-order valence-electron chi connectivity index (χ2n) is 13.3. The molecule has 0 bridgehead atoms. The summed E-state index contributed by atoms with van der Waals surface area (Å²) in [4.78, 5) is 67.9. The molecule has 0 saturated carbocycles. The molecule has 1 fully saturated rings. The van der Waals surface area contributed by atoms with Gasteiger partial charge < -0.3 is 43.2 Å². The number of hydrogen-bond acceptors (Lipinski definition) is 8. The maximum atomic E-state index is 13.9. The molecular weight excluding hydrogens is 657 g/mol. The molecule has 4 amide bonds. The van der Waals surface area contributed by atoms with Crippen LogP contribution in [0.25, 0.3) is 0 Å². The molecule has 10 N–H and O–H groups in total. The first kappa shape index (κ1) is 41.0. The number of carboxylic acid groups (broad SMARTS) is 1. The molecule has 0 aromatic heterocycles. The number of alkyl halides is 1. The standard InChI is InChI=1S/C37H54FN7O6/c38-20-10-3-8-16-29(33(47)43-30(17-9-11-21-39)35(49)45-22-18-37(41,19-23-45)36(50)51)42-34(48)31(25-27-14-6-2-7-15-27)44-32(46)28(40)24-26-12-4-1-5-13-26/h1-2,4-7,12-15,28-31H,3,8-11,16-25,39-41H2,(H,42,48)(H,43,47)(H,44,46)(H,50,51). The highest BCUT2D eigenvalue weighted by Crippen LogP contribution is 2.21. The number of nitrogens with zero attached hydrogens (tertiary/aromatic N) is 1. The van der Waals surface area contributed by atoms with Gasteiger partial charge in [0.15, 0.2) is 0 Å². The van der Waals surface area contributed by atoms with Gasteiger partial charge in [0.05, 0.1) is 12.7 Å². The minimum Gasteiger partial charge on any atom is -0.480 e. The molecule has 14 heteroatoms. The van der Waals surface area contributed by atoms with Crippen LogP contribution >= 0.6 is 0 Å². The Kier molecular flexibility index (Phi) is 17.0. The second kappa shape index (κ2) is 21.1. The lowest BCUT2D eigenvalue weighted by Gasteiger charge is -2.38. The van der Waals surface area contributed by atoms with E-state index < -0.39 is 60.1 Å². The zero-order valence-corrected chi connectivity index (χ0v) is 29.2. The monoisotopic (exact) mass is 711 g/mol. The van der Waals surface area contributed by atoms with E-state index >= 15 is 0 Å². The number of benzene rings is 2. The summed E-state index contributed by atoms with van der Waals surface area (Å²) in [6.07, 6.45) is 3.30. The lowest BCUT2D eigenvalue weighted by molar-refractivity contribution is -0.148. The Balaban J connectivity index is 1.79. The SMILES string of the molecule is NCCCCC(NC(=O)C(CCCCCF)NC(=O)C(Cc1ccccc1)NC(=O)C(N)Cc1ccccc1)C(=O)N1CCC(N)(C(=O)O)CC1. The van der Waals surface area contributed by atoms with E-state index in [4.69, 9.17) is 17.2 Å². The van der Waals surface area contributed by atoms with Gasteiger partial charge in [-0.25, -0.2) is 0 Å². The van der Waals surface area contributed by atoms with Crippen LogP contribution in [0.4, 0.5) is 4.39 Å². The Morgan fingerprint density at radius 1 is 0.725 bits per heavy atom. The van der Waals surface area contributed by atoms with Crippen LogP contribution in [0.15, 0.2) is 60.7 Å². The number of nitrogens with two attached hydrogens (primary N) is 3. The van der Waals surface area contributed by atoms with Crippen molar-refractivity contribution in [2.24, 2.45) is 17.2 Å². The molecule has 4 unspecified atom stereocenters. The van der Waals surface area contributed by atoms with E-state index in [0.29, 0.717) is 38.6 Å². The fourth-order valence-corrected chi connectivity index (χ4v) is 6.04. The lowest BCUT2D eigenvalue weighted by atomic mass is 9.88. The first-order valence-corrected chi connectivity index (χ1v) is 17.8. The van der Waals surface area contributed by atoms with Gasteiger partial charge in [0, 0.05) is 19.5 Å². The predicted octanol–water partition coefficient (Wildman–Crippen LogP) is 1.32. The number of unbranched alkanes of at least 4 members (excludes halogenated alkanes) is 3. The lowest BCUT2D eigenvalue weighted by Crippen LogP contribution is -2.60. The number of amides is 4. The van der Waals surface area contributed by atoms with Crippen molar-refractivity contribution in [2.75, 3.05) is 26.3 Å². The third-order valence-electron chi connectivity index (χ3n) is 9.27. The highest BCUT2D eigenvalue weighted by atomic mass is 19.1. The Hall–Kier alpha value is -4.40. The number of halogens is 1. The quantitative estimate of drug-likeness (QED) is 0.0927. The number of hydrogen-bond donors (Lipinski definition) is 7. The minimum absolute atomic E-state index is 0.0638. The van der Waals surface area contributed by atoms with Crippen molar-refractivity contribution in [3.05, 3.63) is 71.8 Å². The molecule has 2 aromatic rings. The number of carbonyl (C=O) groups is 5. The van der Waals surface area contributed by atoms with Crippen molar-refractivity contribution in [2.45, 2.75) is 100 Å². The molecule has 13 nitrogen and oxygen atoms in total. The van der Waals surface area contributed by atoms with Crippen molar-refractivity contribution < 1.29 is 33.5 Å². The topological polar surface area (TPSA) is 223 Å². The Morgan fingerprint density at radius 2 is 1.24 bits per heavy atom. The molecule has 3 rings (SSSR count). The molecule has 0 radical (unpaired) electrons. The van der Waals surface area contributed by atoms with Crippen molar-refractivity contribution in [1.29, 1.82) is 0 Å². The zero-order chi connectivity index (χ0) is 37.2. The molecule has 1 saturated heterocycles. The normalized spacial score (nSPS) is 16.3. The van der Waals surface area contributed by atoms with Gasteiger partial charge in [0.1, 0.15) is 23.7 Å². The van der Waals surface area contributed by atoms with Crippen LogP contribution in [0.3, 0.4) is 0 Å². The smallest absolute Gasteiger partial charge is 0.323 e.